The third kappa shape index (κ3) is 2.88. The van der Waals surface area contributed by atoms with Gasteiger partial charge in [-0.2, -0.15) is 0 Å². The number of hydrogen-bond donors (Lipinski definition) is 2. The SMILES string of the molecule is COc1ccc(NC(C)=O)cc1NC1COC1. The van der Waals surface area contributed by atoms with Crippen molar-refractivity contribution in [3.63, 3.8) is 0 Å². The lowest BCUT2D eigenvalue weighted by Crippen LogP contribution is -2.40. The second-order valence-electron chi connectivity index (χ2n) is 3.97. The van der Waals surface area contributed by atoms with Gasteiger partial charge in [0.05, 0.1) is 32.1 Å². The molecule has 92 valence electrons. The van der Waals surface area contributed by atoms with E-state index >= 15 is 0 Å². The fraction of sp³-hybridized carbons (Fsp3) is 0.417. The molecule has 1 fully saturated rings. The van der Waals surface area contributed by atoms with Crippen LogP contribution in [-0.4, -0.2) is 32.3 Å². The molecule has 17 heavy (non-hydrogen) atoms. The van der Waals surface area contributed by atoms with Crippen molar-refractivity contribution in [3.05, 3.63) is 18.2 Å². The van der Waals surface area contributed by atoms with Gasteiger partial charge in [-0.15, -0.1) is 0 Å². The Hall–Kier alpha value is -1.75. The number of methoxy groups -OCH3 is 1. The summed E-state index contributed by atoms with van der Waals surface area (Å²) in [7, 11) is 1.62. The summed E-state index contributed by atoms with van der Waals surface area (Å²) < 4.78 is 10.4. The van der Waals surface area contributed by atoms with E-state index in [2.05, 4.69) is 10.6 Å². The third-order valence-corrected chi connectivity index (χ3v) is 2.52. The van der Waals surface area contributed by atoms with Crippen molar-refractivity contribution in [3.8, 4) is 5.75 Å². The molecule has 0 aliphatic carbocycles. The van der Waals surface area contributed by atoms with Gasteiger partial charge in [0, 0.05) is 12.6 Å². The number of carbonyl (C=O) groups is 1. The Balaban J connectivity index is 2.15. The zero-order chi connectivity index (χ0) is 12.3. The molecule has 0 aromatic heterocycles. The van der Waals surface area contributed by atoms with E-state index in [-0.39, 0.29) is 5.91 Å². The van der Waals surface area contributed by atoms with E-state index in [1.54, 1.807) is 7.11 Å². The van der Waals surface area contributed by atoms with Crippen molar-refractivity contribution in [2.24, 2.45) is 0 Å². The number of nitrogens with one attached hydrogen (secondary N) is 2. The van der Waals surface area contributed by atoms with Gasteiger partial charge < -0.3 is 20.1 Å². The predicted octanol–water partition coefficient (Wildman–Crippen LogP) is 1.46. The molecule has 1 saturated heterocycles. The molecule has 1 heterocycles. The second-order valence-corrected chi connectivity index (χ2v) is 3.97. The van der Waals surface area contributed by atoms with Crippen LogP contribution in [0.15, 0.2) is 18.2 Å². The van der Waals surface area contributed by atoms with Crippen molar-refractivity contribution >= 4 is 17.3 Å². The molecule has 0 spiro atoms. The maximum atomic E-state index is 11.0. The Morgan fingerprint density at radius 2 is 2.24 bits per heavy atom. The van der Waals surface area contributed by atoms with Crippen molar-refractivity contribution < 1.29 is 14.3 Å². The van der Waals surface area contributed by atoms with E-state index in [1.165, 1.54) is 6.92 Å². The minimum Gasteiger partial charge on any atom is -0.495 e. The van der Waals surface area contributed by atoms with Gasteiger partial charge in [0.15, 0.2) is 0 Å². The molecule has 5 nitrogen and oxygen atoms in total. The Labute approximate surface area is 100 Å². The van der Waals surface area contributed by atoms with Gasteiger partial charge in [0.25, 0.3) is 0 Å². The Bertz CT molecular complexity index is 416. The fourth-order valence-corrected chi connectivity index (χ4v) is 1.64. The standard InChI is InChI=1S/C12H16N2O3/c1-8(15)13-9-3-4-12(16-2)11(5-9)14-10-6-17-7-10/h3-5,10,14H,6-7H2,1-2H3,(H,13,15). The Morgan fingerprint density at radius 3 is 2.76 bits per heavy atom. The van der Waals surface area contributed by atoms with Crippen molar-refractivity contribution in [2.75, 3.05) is 31.0 Å². The van der Waals surface area contributed by atoms with Gasteiger partial charge in [-0.3, -0.25) is 4.79 Å². The fourth-order valence-electron chi connectivity index (χ4n) is 1.64. The first kappa shape index (κ1) is 11.7. The number of hydrogen-bond acceptors (Lipinski definition) is 4. The number of carbonyl (C=O) groups excluding carboxylic acids is 1. The van der Waals surface area contributed by atoms with E-state index in [9.17, 15) is 4.79 Å². The van der Waals surface area contributed by atoms with Gasteiger partial charge in [-0.1, -0.05) is 0 Å². The smallest absolute Gasteiger partial charge is 0.221 e. The van der Waals surface area contributed by atoms with E-state index in [1.807, 2.05) is 18.2 Å². The van der Waals surface area contributed by atoms with Crippen LogP contribution >= 0.6 is 0 Å². The summed E-state index contributed by atoms with van der Waals surface area (Å²) in [4.78, 5) is 11.0. The quantitative estimate of drug-likeness (QED) is 0.831. The summed E-state index contributed by atoms with van der Waals surface area (Å²) >= 11 is 0. The van der Waals surface area contributed by atoms with Crippen LogP contribution in [0.4, 0.5) is 11.4 Å². The molecule has 0 radical (unpaired) electrons. The summed E-state index contributed by atoms with van der Waals surface area (Å²) in [6.45, 7) is 2.89. The molecule has 1 amide bonds. The molecule has 2 rings (SSSR count). The Morgan fingerprint density at radius 1 is 1.47 bits per heavy atom. The summed E-state index contributed by atoms with van der Waals surface area (Å²) in [6, 6.07) is 5.81. The molecule has 2 N–H and O–H groups in total. The summed E-state index contributed by atoms with van der Waals surface area (Å²) in [6.07, 6.45) is 0. The minimum absolute atomic E-state index is 0.0897. The minimum atomic E-state index is -0.0897. The third-order valence-electron chi connectivity index (χ3n) is 2.52. The molecule has 1 aromatic carbocycles. The molecule has 1 aliphatic rings. The normalized spacial score (nSPS) is 14.9. The van der Waals surface area contributed by atoms with Crippen molar-refractivity contribution in [1.82, 2.24) is 0 Å². The molecular formula is C12H16N2O3. The zero-order valence-corrected chi connectivity index (χ0v) is 9.95. The first-order chi connectivity index (χ1) is 8.19. The van der Waals surface area contributed by atoms with Crippen LogP contribution in [0.3, 0.4) is 0 Å². The number of benzene rings is 1. The van der Waals surface area contributed by atoms with E-state index in [0.29, 0.717) is 19.3 Å². The van der Waals surface area contributed by atoms with Crippen LogP contribution in [0.1, 0.15) is 6.92 Å². The van der Waals surface area contributed by atoms with E-state index < -0.39 is 0 Å². The number of ether oxygens (including phenoxy) is 2. The lowest BCUT2D eigenvalue weighted by atomic mass is 10.2. The van der Waals surface area contributed by atoms with E-state index in [0.717, 1.165) is 17.1 Å². The first-order valence-corrected chi connectivity index (χ1v) is 5.49. The highest BCUT2D eigenvalue weighted by Crippen LogP contribution is 2.29. The number of anilines is 2. The topological polar surface area (TPSA) is 59.6 Å². The lowest BCUT2D eigenvalue weighted by molar-refractivity contribution is -0.114. The van der Waals surface area contributed by atoms with Crippen molar-refractivity contribution in [2.45, 2.75) is 13.0 Å². The predicted molar refractivity (Wildman–Crippen MR) is 65.5 cm³/mol. The van der Waals surface area contributed by atoms with Gasteiger partial charge >= 0.3 is 0 Å². The van der Waals surface area contributed by atoms with E-state index in [4.69, 9.17) is 9.47 Å². The molecule has 0 atom stereocenters. The van der Waals surface area contributed by atoms with Gasteiger partial charge in [0.1, 0.15) is 5.75 Å². The van der Waals surface area contributed by atoms with Crippen LogP contribution in [0, 0.1) is 0 Å². The molecule has 1 aromatic rings. The summed E-state index contributed by atoms with van der Waals surface area (Å²) in [5.41, 5.74) is 1.62. The molecule has 1 aliphatic heterocycles. The highest BCUT2D eigenvalue weighted by atomic mass is 16.5. The van der Waals surface area contributed by atoms with Gasteiger partial charge in [-0.05, 0) is 18.2 Å². The van der Waals surface area contributed by atoms with Crippen LogP contribution in [0.25, 0.3) is 0 Å². The maximum Gasteiger partial charge on any atom is 0.221 e. The van der Waals surface area contributed by atoms with Crippen LogP contribution < -0.4 is 15.4 Å². The molecular weight excluding hydrogens is 220 g/mol. The maximum absolute atomic E-state index is 11.0. The summed E-state index contributed by atoms with van der Waals surface area (Å²) in [5.74, 6) is 0.666. The monoisotopic (exact) mass is 236 g/mol. The Kier molecular flexibility index (Phi) is 3.49. The van der Waals surface area contributed by atoms with Gasteiger partial charge in [-0.25, -0.2) is 0 Å². The van der Waals surface area contributed by atoms with Gasteiger partial charge in [0.2, 0.25) is 5.91 Å². The van der Waals surface area contributed by atoms with Crippen LogP contribution in [0.5, 0.6) is 5.75 Å². The lowest BCUT2D eigenvalue weighted by Gasteiger charge is -2.28. The average Bonchev–Trinajstić information content (AvgIpc) is 2.23. The largest absolute Gasteiger partial charge is 0.495 e. The first-order valence-electron chi connectivity index (χ1n) is 5.49. The summed E-state index contributed by atoms with van der Waals surface area (Å²) in [5, 5.41) is 6.05. The second kappa shape index (κ2) is 5.05. The molecule has 0 unspecified atom stereocenters. The average molecular weight is 236 g/mol. The molecule has 0 saturated carbocycles. The molecule has 0 bridgehead atoms. The zero-order valence-electron chi connectivity index (χ0n) is 9.95. The van der Waals surface area contributed by atoms with Crippen LogP contribution in [0.2, 0.25) is 0 Å². The molecule has 5 heteroatoms. The van der Waals surface area contributed by atoms with Crippen LogP contribution in [-0.2, 0) is 9.53 Å². The number of amides is 1. The van der Waals surface area contributed by atoms with Crippen molar-refractivity contribution in [1.29, 1.82) is 0 Å². The highest BCUT2D eigenvalue weighted by molar-refractivity contribution is 5.89. The number of rotatable bonds is 4. The highest BCUT2D eigenvalue weighted by Gasteiger charge is 2.19.